The van der Waals surface area contributed by atoms with Crippen molar-refractivity contribution >= 4 is 10.9 Å². The van der Waals surface area contributed by atoms with E-state index < -0.39 is 0 Å². The van der Waals surface area contributed by atoms with Crippen molar-refractivity contribution < 1.29 is 4.74 Å². The average Bonchev–Trinajstić information content (AvgIpc) is 2.76. The molecule has 2 heterocycles. The zero-order chi connectivity index (χ0) is 11.8. The molecule has 1 aromatic heterocycles. The Kier molecular flexibility index (Phi) is 2.56. The molecule has 3 rings (SSSR count). The van der Waals surface area contributed by atoms with E-state index in [0.29, 0.717) is 5.92 Å². The van der Waals surface area contributed by atoms with Crippen molar-refractivity contribution in [2.45, 2.75) is 25.3 Å². The standard InChI is InChI=1S/C14H18N2O/c1-17-12-5-4-10-7-13-11(9-15)3-2-6-16(13)14(10)8-12/h4-5,7-8,11H,2-3,6,9,15H2,1H3. The molecule has 17 heavy (non-hydrogen) atoms. The SMILES string of the molecule is COc1ccc2cc3n(c2c1)CCCC3CN. The molecule has 90 valence electrons. The minimum Gasteiger partial charge on any atom is -0.497 e. The molecular formula is C14H18N2O. The average molecular weight is 230 g/mol. The summed E-state index contributed by atoms with van der Waals surface area (Å²) >= 11 is 0. The van der Waals surface area contributed by atoms with Gasteiger partial charge in [-0.15, -0.1) is 0 Å². The van der Waals surface area contributed by atoms with Gasteiger partial charge in [-0.3, -0.25) is 0 Å². The van der Waals surface area contributed by atoms with E-state index in [0.717, 1.165) is 18.8 Å². The normalized spacial score (nSPS) is 19.3. The molecule has 1 aromatic carbocycles. The molecule has 0 fully saturated rings. The number of fused-ring (bicyclic) bond motifs is 3. The summed E-state index contributed by atoms with van der Waals surface area (Å²) in [7, 11) is 1.71. The Morgan fingerprint density at radius 1 is 1.41 bits per heavy atom. The van der Waals surface area contributed by atoms with E-state index in [1.807, 2.05) is 6.07 Å². The van der Waals surface area contributed by atoms with E-state index in [1.54, 1.807) is 7.11 Å². The second-order valence-electron chi connectivity index (χ2n) is 4.72. The molecule has 2 aromatic rings. The summed E-state index contributed by atoms with van der Waals surface area (Å²) in [5, 5.41) is 1.29. The van der Waals surface area contributed by atoms with E-state index in [9.17, 15) is 0 Å². The van der Waals surface area contributed by atoms with Crippen molar-refractivity contribution in [2.24, 2.45) is 5.73 Å². The van der Waals surface area contributed by atoms with Gasteiger partial charge in [-0.2, -0.15) is 0 Å². The zero-order valence-electron chi connectivity index (χ0n) is 10.1. The Labute approximate surface area is 101 Å². The van der Waals surface area contributed by atoms with Crippen LogP contribution in [-0.4, -0.2) is 18.2 Å². The molecule has 1 atom stereocenters. The fourth-order valence-electron chi connectivity index (χ4n) is 2.85. The molecule has 3 heteroatoms. The number of benzene rings is 1. The smallest absolute Gasteiger partial charge is 0.120 e. The molecule has 0 bridgehead atoms. The summed E-state index contributed by atoms with van der Waals surface area (Å²) in [5.41, 5.74) is 8.52. The lowest BCUT2D eigenvalue weighted by atomic mass is 9.96. The van der Waals surface area contributed by atoms with Crippen molar-refractivity contribution in [1.29, 1.82) is 0 Å². The van der Waals surface area contributed by atoms with Gasteiger partial charge >= 0.3 is 0 Å². The van der Waals surface area contributed by atoms with Gasteiger partial charge < -0.3 is 15.0 Å². The van der Waals surface area contributed by atoms with E-state index in [-0.39, 0.29) is 0 Å². The predicted octanol–water partition coefficient (Wildman–Crippen LogP) is 2.49. The second kappa shape index (κ2) is 4.08. The number of nitrogens with zero attached hydrogens (tertiary/aromatic N) is 1. The fraction of sp³-hybridized carbons (Fsp3) is 0.429. The number of methoxy groups -OCH3 is 1. The summed E-state index contributed by atoms with van der Waals surface area (Å²) in [5.74, 6) is 1.44. The summed E-state index contributed by atoms with van der Waals surface area (Å²) in [6.07, 6.45) is 2.43. The first-order valence-electron chi connectivity index (χ1n) is 6.20. The van der Waals surface area contributed by atoms with Gasteiger partial charge in [-0.25, -0.2) is 0 Å². The first-order chi connectivity index (χ1) is 8.33. The zero-order valence-corrected chi connectivity index (χ0v) is 10.1. The van der Waals surface area contributed by atoms with Gasteiger partial charge in [0.15, 0.2) is 0 Å². The molecule has 1 aliphatic heterocycles. The number of nitrogens with two attached hydrogens (primary N) is 1. The number of rotatable bonds is 2. The minimum absolute atomic E-state index is 0.516. The van der Waals surface area contributed by atoms with E-state index in [1.165, 1.54) is 29.4 Å². The largest absolute Gasteiger partial charge is 0.497 e. The molecule has 0 radical (unpaired) electrons. The van der Waals surface area contributed by atoms with Crippen LogP contribution in [0.4, 0.5) is 0 Å². The van der Waals surface area contributed by atoms with E-state index in [2.05, 4.69) is 22.8 Å². The molecule has 0 spiro atoms. The summed E-state index contributed by atoms with van der Waals surface area (Å²) < 4.78 is 7.70. The predicted molar refractivity (Wildman–Crippen MR) is 69.5 cm³/mol. The monoisotopic (exact) mass is 230 g/mol. The quantitative estimate of drug-likeness (QED) is 0.861. The molecule has 3 nitrogen and oxygen atoms in total. The Bertz CT molecular complexity index is 544. The third kappa shape index (κ3) is 1.62. The van der Waals surface area contributed by atoms with Crippen LogP contribution in [-0.2, 0) is 6.54 Å². The third-order valence-corrected chi connectivity index (χ3v) is 3.78. The molecule has 1 aliphatic rings. The van der Waals surface area contributed by atoms with Gasteiger partial charge in [0.05, 0.1) is 12.6 Å². The van der Waals surface area contributed by atoms with Gasteiger partial charge in [0.2, 0.25) is 0 Å². The van der Waals surface area contributed by atoms with Gasteiger partial charge in [0.25, 0.3) is 0 Å². The molecule has 1 unspecified atom stereocenters. The van der Waals surface area contributed by atoms with Crippen LogP contribution in [0.1, 0.15) is 24.5 Å². The maximum atomic E-state index is 5.86. The van der Waals surface area contributed by atoms with Gasteiger partial charge in [-0.1, -0.05) is 0 Å². The van der Waals surface area contributed by atoms with Crippen molar-refractivity contribution in [3.8, 4) is 5.75 Å². The molecular weight excluding hydrogens is 212 g/mol. The molecule has 0 aliphatic carbocycles. The van der Waals surface area contributed by atoms with Crippen LogP contribution in [0.5, 0.6) is 5.75 Å². The van der Waals surface area contributed by atoms with E-state index >= 15 is 0 Å². The number of aryl methyl sites for hydroxylation is 1. The number of aromatic nitrogens is 1. The Morgan fingerprint density at radius 3 is 3.06 bits per heavy atom. The van der Waals surface area contributed by atoms with Crippen molar-refractivity contribution in [3.63, 3.8) is 0 Å². The Balaban J connectivity index is 2.20. The van der Waals surface area contributed by atoms with Crippen LogP contribution in [0.3, 0.4) is 0 Å². The Morgan fingerprint density at radius 2 is 2.29 bits per heavy atom. The van der Waals surface area contributed by atoms with E-state index in [4.69, 9.17) is 10.5 Å². The Hall–Kier alpha value is -1.48. The molecule has 0 saturated heterocycles. The molecule has 0 amide bonds. The lowest BCUT2D eigenvalue weighted by molar-refractivity contribution is 0.414. The highest BCUT2D eigenvalue weighted by Crippen LogP contribution is 2.33. The summed E-state index contributed by atoms with van der Waals surface area (Å²) in [4.78, 5) is 0. The highest BCUT2D eigenvalue weighted by molar-refractivity contribution is 5.83. The number of ether oxygens (including phenoxy) is 1. The maximum Gasteiger partial charge on any atom is 0.120 e. The minimum atomic E-state index is 0.516. The van der Waals surface area contributed by atoms with Crippen LogP contribution < -0.4 is 10.5 Å². The summed E-state index contributed by atoms with van der Waals surface area (Å²) in [6, 6.07) is 8.56. The number of hydrogen-bond acceptors (Lipinski definition) is 2. The highest BCUT2D eigenvalue weighted by atomic mass is 16.5. The van der Waals surface area contributed by atoms with Crippen LogP contribution in [0.2, 0.25) is 0 Å². The maximum absolute atomic E-state index is 5.86. The van der Waals surface area contributed by atoms with Crippen molar-refractivity contribution in [3.05, 3.63) is 30.0 Å². The highest BCUT2D eigenvalue weighted by Gasteiger charge is 2.21. The lowest BCUT2D eigenvalue weighted by Crippen LogP contribution is -2.21. The topological polar surface area (TPSA) is 40.2 Å². The number of hydrogen-bond donors (Lipinski definition) is 1. The molecule has 0 saturated carbocycles. The van der Waals surface area contributed by atoms with Gasteiger partial charge in [0.1, 0.15) is 5.75 Å². The third-order valence-electron chi connectivity index (χ3n) is 3.78. The van der Waals surface area contributed by atoms with Gasteiger partial charge in [-0.05, 0) is 31.0 Å². The second-order valence-corrected chi connectivity index (χ2v) is 4.72. The van der Waals surface area contributed by atoms with Crippen LogP contribution in [0.25, 0.3) is 10.9 Å². The first-order valence-corrected chi connectivity index (χ1v) is 6.20. The fourth-order valence-corrected chi connectivity index (χ4v) is 2.85. The van der Waals surface area contributed by atoms with Crippen molar-refractivity contribution in [1.82, 2.24) is 4.57 Å². The lowest BCUT2D eigenvalue weighted by Gasteiger charge is -2.24. The summed E-state index contributed by atoms with van der Waals surface area (Å²) in [6.45, 7) is 1.84. The first kappa shape index (κ1) is 10.7. The molecule has 2 N–H and O–H groups in total. The van der Waals surface area contributed by atoms with Crippen molar-refractivity contribution in [2.75, 3.05) is 13.7 Å². The van der Waals surface area contributed by atoms with Crippen LogP contribution in [0.15, 0.2) is 24.3 Å². The van der Waals surface area contributed by atoms with Gasteiger partial charge in [0, 0.05) is 36.2 Å². The van der Waals surface area contributed by atoms with Crippen LogP contribution >= 0.6 is 0 Å². The van der Waals surface area contributed by atoms with Crippen LogP contribution in [0, 0.1) is 0 Å².